The van der Waals surface area contributed by atoms with E-state index in [1.54, 1.807) is 31.4 Å². The number of benzene rings is 2. The largest absolute Gasteiger partial charge is 0.497 e. The molecule has 1 amide bonds. The average Bonchev–Trinajstić information content (AvgIpc) is 3.21. The fourth-order valence-corrected chi connectivity index (χ4v) is 4.07. The van der Waals surface area contributed by atoms with E-state index >= 15 is 0 Å². The molecular formula is C20H21FN4O5S. The molecule has 1 N–H and O–H groups in total. The van der Waals surface area contributed by atoms with Crippen molar-refractivity contribution in [3.8, 4) is 17.1 Å². The van der Waals surface area contributed by atoms with Crippen molar-refractivity contribution in [2.24, 2.45) is 0 Å². The Kier molecular flexibility index (Phi) is 6.54. The summed E-state index contributed by atoms with van der Waals surface area (Å²) in [7, 11) is -2.25. The number of halogens is 1. The number of rotatable bonds is 8. The smallest absolute Gasteiger partial charge is 0.246 e. The van der Waals surface area contributed by atoms with Crippen molar-refractivity contribution in [2.75, 3.05) is 17.7 Å². The van der Waals surface area contributed by atoms with E-state index < -0.39 is 27.8 Å². The molecule has 0 fully saturated rings. The van der Waals surface area contributed by atoms with Crippen LogP contribution in [0.5, 0.6) is 5.75 Å². The maximum atomic E-state index is 13.2. The van der Waals surface area contributed by atoms with Crippen molar-refractivity contribution >= 4 is 21.6 Å². The molecule has 3 rings (SSSR count). The summed E-state index contributed by atoms with van der Waals surface area (Å²) in [6.07, 6.45) is 0.972. The second kappa shape index (κ2) is 9.13. The van der Waals surface area contributed by atoms with Crippen LogP contribution in [0.25, 0.3) is 11.4 Å². The van der Waals surface area contributed by atoms with Crippen molar-refractivity contribution in [2.45, 2.75) is 19.5 Å². The SMILES string of the molecule is COc1ccc(-c2noc(CNC(=O)[C@@H](C)N(c3ccc(F)cc3)S(C)(=O)=O)n2)cc1. The number of anilines is 1. The molecule has 1 aromatic heterocycles. The Hall–Kier alpha value is -3.47. The minimum atomic E-state index is -3.81. The number of amides is 1. The highest BCUT2D eigenvalue weighted by molar-refractivity contribution is 7.92. The summed E-state index contributed by atoms with van der Waals surface area (Å²) in [5.74, 6) is 0.0747. The van der Waals surface area contributed by atoms with E-state index in [9.17, 15) is 17.6 Å². The summed E-state index contributed by atoms with van der Waals surface area (Å²) in [6.45, 7) is 1.34. The molecule has 0 radical (unpaired) electrons. The molecule has 1 atom stereocenters. The molecule has 0 aliphatic carbocycles. The van der Waals surface area contributed by atoms with Gasteiger partial charge in [-0.15, -0.1) is 0 Å². The van der Waals surface area contributed by atoms with Gasteiger partial charge >= 0.3 is 0 Å². The first-order valence-electron chi connectivity index (χ1n) is 9.18. The lowest BCUT2D eigenvalue weighted by atomic mass is 10.2. The van der Waals surface area contributed by atoms with Crippen LogP contribution in [0.4, 0.5) is 10.1 Å². The molecule has 0 aliphatic heterocycles. The molecule has 9 nitrogen and oxygen atoms in total. The fraction of sp³-hybridized carbons (Fsp3) is 0.250. The topological polar surface area (TPSA) is 115 Å². The van der Waals surface area contributed by atoms with Crippen LogP contribution in [0.2, 0.25) is 0 Å². The van der Waals surface area contributed by atoms with E-state index in [4.69, 9.17) is 9.26 Å². The molecule has 0 spiro atoms. The predicted octanol–water partition coefficient (Wildman–Crippen LogP) is 2.36. The van der Waals surface area contributed by atoms with Crippen molar-refractivity contribution in [3.05, 3.63) is 60.2 Å². The van der Waals surface area contributed by atoms with Gasteiger partial charge in [-0.3, -0.25) is 9.10 Å². The minimum absolute atomic E-state index is 0.0899. The molecule has 0 saturated carbocycles. The zero-order valence-electron chi connectivity index (χ0n) is 17.1. The molecule has 3 aromatic rings. The van der Waals surface area contributed by atoms with Crippen LogP contribution in [0, 0.1) is 5.82 Å². The van der Waals surface area contributed by atoms with Gasteiger partial charge in [-0.1, -0.05) is 5.16 Å². The van der Waals surface area contributed by atoms with Crippen LogP contribution < -0.4 is 14.4 Å². The lowest BCUT2D eigenvalue weighted by Gasteiger charge is -2.28. The van der Waals surface area contributed by atoms with Gasteiger partial charge in [-0.25, -0.2) is 12.8 Å². The first kappa shape index (κ1) is 22.2. The van der Waals surface area contributed by atoms with E-state index in [2.05, 4.69) is 15.5 Å². The third kappa shape index (κ3) is 5.37. The Balaban J connectivity index is 1.69. The van der Waals surface area contributed by atoms with Crippen LogP contribution in [-0.2, 0) is 21.4 Å². The Labute approximate surface area is 178 Å². The monoisotopic (exact) mass is 448 g/mol. The number of aromatic nitrogens is 2. The summed E-state index contributed by atoms with van der Waals surface area (Å²) in [5.41, 5.74) is 0.876. The molecule has 0 bridgehead atoms. The highest BCUT2D eigenvalue weighted by Crippen LogP contribution is 2.22. The van der Waals surface area contributed by atoms with Crippen LogP contribution in [0.3, 0.4) is 0 Å². The van der Waals surface area contributed by atoms with Gasteiger partial charge in [-0.05, 0) is 55.5 Å². The molecule has 164 valence electrons. The fourth-order valence-electron chi connectivity index (χ4n) is 2.89. The van der Waals surface area contributed by atoms with Gasteiger partial charge in [0.1, 0.15) is 17.6 Å². The highest BCUT2D eigenvalue weighted by atomic mass is 32.2. The maximum Gasteiger partial charge on any atom is 0.246 e. The van der Waals surface area contributed by atoms with Gasteiger partial charge in [0.05, 0.1) is 25.6 Å². The van der Waals surface area contributed by atoms with Crippen molar-refractivity contribution < 1.29 is 26.9 Å². The number of carbonyl (C=O) groups excluding carboxylic acids is 1. The maximum absolute atomic E-state index is 13.2. The number of carbonyl (C=O) groups is 1. The normalized spacial score (nSPS) is 12.3. The van der Waals surface area contributed by atoms with Crippen molar-refractivity contribution in [1.82, 2.24) is 15.5 Å². The summed E-state index contributed by atoms with van der Waals surface area (Å²) in [4.78, 5) is 16.8. The molecule has 11 heteroatoms. The van der Waals surface area contributed by atoms with Gasteiger partial charge < -0.3 is 14.6 Å². The zero-order valence-corrected chi connectivity index (χ0v) is 17.9. The first-order chi connectivity index (χ1) is 14.7. The summed E-state index contributed by atoms with van der Waals surface area (Å²) >= 11 is 0. The first-order valence-corrected chi connectivity index (χ1v) is 11.0. The van der Waals surface area contributed by atoms with Gasteiger partial charge in [0.25, 0.3) is 0 Å². The molecule has 0 saturated heterocycles. The average molecular weight is 448 g/mol. The highest BCUT2D eigenvalue weighted by Gasteiger charge is 2.29. The Morgan fingerprint density at radius 2 is 1.84 bits per heavy atom. The van der Waals surface area contributed by atoms with Gasteiger partial charge in [0.15, 0.2) is 0 Å². The second-order valence-corrected chi connectivity index (χ2v) is 8.53. The second-order valence-electron chi connectivity index (χ2n) is 6.67. The minimum Gasteiger partial charge on any atom is -0.497 e. The van der Waals surface area contributed by atoms with Crippen LogP contribution in [-0.4, -0.2) is 43.9 Å². The quantitative estimate of drug-likeness (QED) is 0.563. The number of sulfonamides is 1. The van der Waals surface area contributed by atoms with E-state index in [1.165, 1.54) is 19.1 Å². The van der Waals surface area contributed by atoms with Crippen LogP contribution in [0.1, 0.15) is 12.8 Å². The summed E-state index contributed by atoms with van der Waals surface area (Å²) in [5, 5.41) is 6.45. The molecule has 0 unspecified atom stereocenters. The van der Waals surface area contributed by atoms with Gasteiger partial charge in [-0.2, -0.15) is 4.98 Å². The number of hydrogen-bond donors (Lipinski definition) is 1. The van der Waals surface area contributed by atoms with Crippen LogP contribution in [0.15, 0.2) is 53.1 Å². The number of nitrogens with one attached hydrogen (secondary N) is 1. The lowest BCUT2D eigenvalue weighted by molar-refractivity contribution is -0.122. The number of methoxy groups -OCH3 is 1. The number of nitrogens with zero attached hydrogens (tertiary/aromatic N) is 3. The Bertz CT molecular complexity index is 1150. The lowest BCUT2D eigenvalue weighted by Crippen LogP contribution is -2.47. The molecular weight excluding hydrogens is 427 g/mol. The van der Waals surface area contributed by atoms with Crippen molar-refractivity contribution in [3.63, 3.8) is 0 Å². The predicted molar refractivity (Wildman–Crippen MR) is 111 cm³/mol. The van der Waals surface area contributed by atoms with Gasteiger partial charge in [0, 0.05) is 5.56 Å². The molecule has 31 heavy (non-hydrogen) atoms. The van der Waals surface area contributed by atoms with E-state index in [1.807, 2.05) is 0 Å². The van der Waals surface area contributed by atoms with Crippen molar-refractivity contribution in [1.29, 1.82) is 0 Å². The van der Waals surface area contributed by atoms with E-state index in [-0.39, 0.29) is 18.1 Å². The van der Waals surface area contributed by atoms with Crippen LogP contribution >= 0.6 is 0 Å². The third-order valence-electron chi connectivity index (χ3n) is 4.40. The number of ether oxygens (including phenoxy) is 1. The van der Waals surface area contributed by atoms with E-state index in [0.717, 1.165) is 22.7 Å². The third-order valence-corrected chi connectivity index (χ3v) is 5.64. The summed E-state index contributed by atoms with van der Waals surface area (Å²) in [6, 6.07) is 10.8. The molecule has 2 aromatic carbocycles. The molecule has 0 aliphatic rings. The number of hydrogen-bond acceptors (Lipinski definition) is 7. The standard InChI is InChI=1S/C20H21FN4O5S/c1-13(25(31(3,27)28)16-8-6-15(21)7-9-16)20(26)22-12-18-23-19(24-30-18)14-4-10-17(29-2)11-5-14/h4-11,13H,12H2,1-3H3,(H,22,26)/t13-/m1/s1. The zero-order chi connectivity index (χ0) is 22.6. The van der Waals surface area contributed by atoms with E-state index in [0.29, 0.717) is 17.1 Å². The molecule has 1 heterocycles. The summed E-state index contributed by atoms with van der Waals surface area (Å²) < 4.78 is 48.9. The van der Waals surface area contributed by atoms with Gasteiger partial charge in [0.2, 0.25) is 27.6 Å². The Morgan fingerprint density at radius 3 is 2.42 bits per heavy atom. The Morgan fingerprint density at radius 1 is 1.19 bits per heavy atom.